The minimum Gasteiger partial charge on any atom is -0.376 e. The molecule has 1 saturated heterocycles. The van der Waals surface area contributed by atoms with Crippen molar-refractivity contribution >= 4 is 20.0 Å². The van der Waals surface area contributed by atoms with E-state index >= 15 is 0 Å². The molecule has 0 radical (unpaired) electrons. The van der Waals surface area contributed by atoms with Crippen LogP contribution in [-0.4, -0.2) is 65.0 Å². The van der Waals surface area contributed by atoms with E-state index in [-0.39, 0.29) is 12.7 Å². The van der Waals surface area contributed by atoms with Crippen LogP contribution < -0.4 is 4.72 Å². The largest absolute Gasteiger partial charge is 0.376 e. The lowest BCUT2D eigenvalue weighted by atomic mass is 9.83. The van der Waals surface area contributed by atoms with Crippen LogP contribution in [0.25, 0.3) is 0 Å². The van der Waals surface area contributed by atoms with Crippen LogP contribution in [0.2, 0.25) is 0 Å². The summed E-state index contributed by atoms with van der Waals surface area (Å²) in [5.41, 5.74) is 1.36. The Morgan fingerprint density at radius 1 is 1.00 bits per heavy atom. The van der Waals surface area contributed by atoms with Crippen LogP contribution in [0.3, 0.4) is 0 Å². The minimum atomic E-state index is -3.44. The molecule has 1 aliphatic heterocycles. The highest BCUT2D eigenvalue weighted by atomic mass is 32.2. The van der Waals surface area contributed by atoms with Gasteiger partial charge in [-0.15, -0.1) is 0 Å². The van der Waals surface area contributed by atoms with Gasteiger partial charge in [-0.2, -0.15) is 4.31 Å². The Bertz CT molecular complexity index is 865. The third-order valence-corrected chi connectivity index (χ3v) is 8.00. The van der Waals surface area contributed by atoms with Crippen LogP contribution >= 0.6 is 0 Å². The predicted molar refractivity (Wildman–Crippen MR) is 114 cm³/mol. The Morgan fingerprint density at radius 3 is 2.24 bits per heavy atom. The van der Waals surface area contributed by atoms with Crippen molar-refractivity contribution in [2.24, 2.45) is 0 Å². The summed E-state index contributed by atoms with van der Waals surface area (Å²) in [5.74, 6) is 0.540. The zero-order valence-corrected chi connectivity index (χ0v) is 18.8. The number of nitrogens with one attached hydrogen (secondary N) is 1. The average molecular weight is 445 g/mol. The fraction of sp³-hybridized carbons (Fsp3) is 0.700. The molecule has 0 unspecified atom stereocenters. The summed E-state index contributed by atoms with van der Waals surface area (Å²) in [6.45, 7) is 0.608. The summed E-state index contributed by atoms with van der Waals surface area (Å²) >= 11 is 0. The van der Waals surface area contributed by atoms with Gasteiger partial charge in [-0.1, -0.05) is 30.3 Å². The topological polar surface area (TPSA) is 92.8 Å². The zero-order valence-electron chi connectivity index (χ0n) is 17.2. The highest BCUT2D eigenvalue weighted by Gasteiger charge is 2.38. The Kier molecular flexibility index (Phi) is 7.37. The highest BCUT2D eigenvalue weighted by molar-refractivity contribution is 7.89. The second-order valence-corrected chi connectivity index (χ2v) is 12.0. The van der Waals surface area contributed by atoms with Gasteiger partial charge >= 0.3 is 0 Å². The lowest BCUT2D eigenvalue weighted by molar-refractivity contribution is -0.00957. The molecule has 9 heteroatoms. The summed E-state index contributed by atoms with van der Waals surface area (Å²) in [6, 6.07) is 9.51. The first-order valence-corrected chi connectivity index (χ1v) is 14.0. The lowest BCUT2D eigenvalue weighted by Gasteiger charge is -2.40. The van der Waals surface area contributed by atoms with Crippen LogP contribution in [0.1, 0.15) is 50.0 Å². The number of ether oxygens (including phenoxy) is 1. The second kappa shape index (κ2) is 9.43. The monoisotopic (exact) mass is 444 g/mol. The van der Waals surface area contributed by atoms with Crippen LogP contribution in [0.4, 0.5) is 0 Å². The van der Waals surface area contributed by atoms with Crippen LogP contribution in [0.15, 0.2) is 30.3 Å². The molecule has 7 nitrogen and oxygen atoms in total. The molecule has 1 saturated carbocycles. The van der Waals surface area contributed by atoms with E-state index in [4.69, 9.17) is 4.74 Å². The fourth-order valence-electron chi connectivity index (χ4n) is 4.57. The number of sulfonamides is 2. The molecule has 0 aromatic heterocycles. The first-order valence-electron chi connectivity index (χ1n) is 10.2. The normalized spacial score (nSPS) is 29.6. The highest BCUT2D eigenvalue weighted by Crippen LogP contribution is 2.34. The smallest absolute Gasteiger partial charge is 0.211 e. The molecule has 1 N–H and O–H groups in total. The summed E-state index contributed by atoms with van der Waals surface area (Å²) in [6.07, 6.45) is 7.53. The maximum Gasteiger partial charge on any atom is 0.211 e. The molecule has 1 aromatic carbocycles. The quantitative estimate of drug-likeness (QED) is 0.695. The Labute approximate surface area is 174 Å². The molecular formula is C20H32N2O5S2. The summed E-state index contributed by atoms with van der Waals surface area (Å²) in [4.78, 5) is 0. The molecule has 0 bridgehead atoms. The number of nitrogens with zero attached hydrogens (tertiary/aromatic N) is 1. The predicted octanol–water partition coefficient (Wildman–Crippen LogP) is 2.07. The molecule has 2 atom stereocenters. The van der Waals surface area contributed by atoms with Crippen molar-refractivity contribution < 1.29 is 21.6 Å². The summed E-state index contributed by atoms with van der Waals surface area (Å²) in [5, 5.41) is 0. The second-order valence-electron chi connectivity index (χ2n) is 8.30. The molecule has 2 fully saturated rings. The third-order valence-electron chi connectivity index (χ3n) is 5.97. The lowest BCUT2D eigenvalue weighted by Crippen LogP contribution is -2.58. The SMILES string of the molecule is CS(=O)(=O)N[C@H]1CCCN(S(C)(=O)=O)[C@H]1COC1CCC(c2ccccc2)CC1. The van der Waals surface area contributed by atoms with Crippen molar-refractivity contribution in [3.05, 3.63) is 35.9 Å². The van der Waals surface area contributed by atoms with E-state index in [1.807, 2.05) is 6.07 Å². The molecule has 1 aliphatic carbocycles. The standard InChI is InChI=1S/C20H32N2O5S2/c1-28(23,24)21-19-9-6-14-22(29(2,25)26)20(19)15-27-18-12-10-17(11-13-18)16-7-4-3-5-8-16/h3-5,7-8,17-21H,6,9-15H2,1-2H3/t17?,18?,19-,20-/m0/s1. The van der Waals surface area contributed by atoms with Crippen molar-refractivity contribution in [3.63, 3.8) is 0 Å². The van der Waals surface area contributed by atoms with Gasteiger partial charge < -0.3 is 4.74 Å². The summed E-state index contributed by atoms with van der Waals surface area (Å²) < 4.78 is 58.2. The zero-order chi connectivity index (χ0) is 21.1. The van der Waals surface area contributed by atoms with E-state index < -0.39 is 32.1 Å². The van der Waals surface area contributed by atoms with Crippen molar-refractivity contribution in [1.29, 1.82) is 0 Å². The summed E-state index contributed by atoms with van der Waals surface area (Å²) in [7, 11) is -6.88. The maximum absolute atomic E-state index is 12.3. The van der Waals surface area contributed by atoms with Gasteiger partial charge in [-0.3, -0.25) is 0 Å². The molecule has 164 valence electrons. The minimum absolute atomic E-state index is 0.0807. The molecule has 29 heavy (non-hydrogen) atoms. The molecule has 1 heterocycles. The van der Waals surface area contributed by atoms with Gasteiger partial charge in [-0.05, 0) is 50.0 Å². The number of hydrogen-bond acceptors (Lipinski definition) is 5. The Morgan fingerprint density at radius 2 is 1.66 bits per heavy atom. The number of benzene rings is 1. The van der Waals surface area contributed by atoms with Crippen LogP contribution in [0.5, 0.6) is 0 Å². The first-order chi connectivity index (χ1) is 13.6. The van der Waals surface area contributed by atoms with Gasteiger partial charge in [0.1, 0.15) is 0 Å². The van der Waals surface area contributed by atoms with Gasteiger partial charge in [0.15, 0.2) is 0 Å². The maximum atomic E-state index is 12.3. The number of hydrogen-bond donors (Lipinski definition) is 1. The van der Waals surface area contributed by atoms with Gasteiger partial charge in [0.2, 0.25) is 20.0 Å². The Hall–Kier alpha value is -1.00. The fourth-order valence-corrected chi connectivity index (χ4v) is 6.56. The molecule has 2 aliphatic rings. The van der Waals surface area contributed by atoms with Gasteiger partial charge in [0.25, 0.3) is 0 Å². The molecular weight excluding hydrogens is 412 g/mol. The molecule has 3 rings (SSSR count). The van der Waals surface area contributed by atoms with Crippen molar-refractivity contribution in [3.8, 4) is 0 Å². The average Bonchev–Trinajstić information content (AvgIpc) is 2.66. The van der Waals surface area contributed by atoms with Crippen LogP contribution in [0, 0.1) is 0 Å². The van der Waals surface area contributed by atoms with E-state index in [1.54, 1.807) is 0 Å². The van der Waals surface area contributed by atoms with E-state index in [0.717, 1.165) is 31.9 Å². The molecule has 0 spiro atoms. The van der Waals surface area contributed by atoms with E-state index in [2.05, 4.69) is 29.0 Å². The van der Waals surface area contributed by atoms with Crippen molar-refractivity contribution in [2.45, 2.75) is 62.6 Å². The first kappa shape index (κ1) is 22.7. The van der Waals surface area contributed by atoms with Crippen molar-refractivity contribution in [1.82, 2.24) is 9.03 Å². The third kappa shape index (κ3) is 6.49. The van der Waals surface area contributed by atoms with Gasteiger partial charge in [0.05, 0.1) is 31.3 Å². The van der Waals surface area contributed by atoms with Gasteiger partial charge in [-0.25, -0.2) is 21.6 Å². The van der Waals surface area contributed by atoms with E-state index in [9.17, 15) is 16.8 Å². The van der Waals surface area contributed by atoms with E-state index in [1.165, 1.54) is 16.1 Å². The molecule has 0 amide bonds. The van der Waals surface area contributed by atoms with Crippen LogP contribution in [-0.2, 0) is 24.8 Å². The Balaban J connectivity index is 1.61. The van der Waals surface area contributed by atoms with Crippen molar-refractivity contribution in [2.75, 3.05) is 25.7 Å². The number of piperidine rings is 1. The van der Waals surface area contributed by atoms with Gasteiger partial charge in [0, 0.05) is 12.6 Å². The van der Waals surface area contributed by atoms with E-state index in [0.29, 0.717) is 25.3 Å². The number of rotatable bonds is 7. The molecule has 1 aromatic rings.